The first kappa shape index (κ1) is 15.3. The molecular formula is C12H11ClN4O3S. The van der Waals surface area contributed by atoms with Crippen LogP contribution in [0.15, 0.2) is 17.8 Å². The van der Waals surface area contributed by atoms with E-state index in [2.05, 4.69) is 9.97 Å². The monoisotopic (exact) mass is 326 g/mol. The van der Waals surface area contributed by atoms with Gasteiger partial charge >= 0.3 is 0 Å². The molecule has 0 spiro atoms. The average Bonchev–Trinajstić information content (AvgIpc) is 2.83. The molecule has 0 fully saturated rings. The molecule has 0 N–H and O–H groups in total. The average molecular weight is 327 g/mol. The Kier molecular flexibility index (Phi) is 4.49. The van der Waals surface area contributed by atoms with E-state index in [1.807, 2.05) is 6.92 Å². The summed E-state index contributed by atoms with van der Waals surface area (Å²) in [4.78, 5) is 32.8. The van der Waals surface area contributed by atoms with Crippen LogP contribution in [0, 0.1) is 17.0 Å². The number of rotatable bonds is 4. The van der Waals surface area contributed by atoms with Crippen molar-refractivity contribution in [3.05, 3.63) is 49.2 Å². The van der Waals surface area contributed by atoms with E-state index in [-0.39, 0.29) is 16.4 Å². The van der Waals surface area contributed by atoms with Crippen LogP contribution in [0.3, 0.4) is 0 Å². The highest BCUT2D eigenvalue weighted by Gasteiger charge is 2.24. The third kappa shape index (κ3) is 3.34. The van der Waals surface area contributed by atoms with Crippen molar-refractivity contribution in [1.82, 2.24) is 14.9 Å². The number of pyridine rings is 1. The minimum atomic E-state index is -0.650. The van der Waals surface area contributed by atoms with Gasteiger partial charge < -0.3 is 4.90 Å². The lowest BCUT2D eigenvalue weighted by atomic mass is 10.2. The minimum Gasteiger partial charge on any atom is -0.336 e. The fourth-order valence-electron chi connectivity index (χ4n) is 1.71. The van der Waals surface area contributed by atoms with Crippen molar-refractivity contribution in [3.8, 4) is 0 Å². The van der Waals surface area contributed by atoms with Crippen molar-refractivity contribution in [2.45, 2.75) is 13.5 Å². The Bertz CT molecular complexity index is 704. The van der Waals surface area contributed by atoms with Gasteiger partial charge in [0, 0.05) is 11.9 Å². The first-order valence-corrected chi connectivity index (χ1v) is 7.10. The molecule has 21 heavy (non-hydrogen) atoms. The second-order valence-corrected chi connectivity index (χ2v) is 5.63. The summed E-state index contributed by atoms with van der Waals surface area (Å²) in [5, 5.41) is 11.0. The zero-order valence-electron chi connectivity index (χ0n) is 11.2. The summed E-state index contributed by atoms with van der Waals surface area (Å²) in [5.41, 5.74) is 2.08. The van der Waals surface area contributed by atoms with E-state index in [4.69, 9.17) is 11.6 Å². The summed E-state index contributed by atoms with van der Waals surface area (Å²) in [6.45, 7) is 2.17. The minimum absolute atomic E-state index is 0.0336. The molecule has 2 heterocycles. The molecule has 0 saturated carbocycles. The number of halogens is 1. The number of hydrogen-bond donors (Lipinski definition) is 0. The highest BCUT2D eigenvalue weighted by Crippen LogP contribution is 2.23. The second-order valence-electron chi connectivity index (χ2n) is 4.30. The maximum absolute atomic E-state index is 12.4. The molecule has 0 aliphatic rings. The topological polar surface area (TPSA) is 89.2 Å². The van der Waals surface area contributed by atoms with E-state index in [0.717, 1.165) is 16.8 Å². The molecule has 2 rings (SSSR count). The molecule has 0 radical (unpaired) electrons. The van der Waals surface area contributed by atoms with Crippen LogP contribution >= 0.6 is 22.9 Å². The van der Waals surface area contributed by atoms with Gasteiger partial charge in [-0.1, -0.05) is 11.6 Å². The van der Waals surface area contributed by atoms with Gasteiger partial charge in [0.25, 0.3) is 11.6 Å². The zero-order chi connectivity index (χ0) is 15.6. The summed E-state index contributed by atoms with van der Waals surface area (Å²) < 4.78 is 0. The highest BCUT2D eigenvalue weighted by atomic mass is 35.5. The van der Waals surface area contributed by atoms with Gasteiger partial charge in [-0.05, 0) is 13.0 Å². The Labute approximate surface area is 129 Å². The van der Waals surface area contributed by atoms with Crippen molar-refractivity contribution >= 4 is 34.5 Å². The molecule has 0 aliphatic heterocycles. The zero-order valence-corrected chi connectivity index (χ0v) is 12.8. The standard InChI is InChI=1S/C12H11ClN4O3S/c1-7-10(21-6-15-7)5-16(2)12(18)8-3-11(13)14-4-9(8)17(19)20/h3-4,6H,5H2,1-2H3. The van der Waals surface area contributed by atoms with Gasteiger partial charge in [0.15, 0.2) is 0 Å². The summed E-state index contributed by atoms with van der Waals surface area (Å²) in [7, 11) is 1.57. The molecule has 0 aliphatic carbocycles. The number of carbonyl (C=O) groups is 1. The third-order valence-electron chi connectivity index (χ3n) is 2.85. The third-order valence-corrected chi connectivity index (χ3v) is 3.98. The Morgan fingerprint density at radius 3 is 2.81 bits per heavy atom. The number of nitro groups is 1. The molecule has 0 atom stereocenters. The smallest absolute Gasteiger partial charge is 0.300 e. The molecule has 2 aromatic heterocycles. The van der Waals surface area contributed by atoms with Gasteiger partial charge in [-0.2, -0.15) is 0 Å². The molecule has 110 valence electrons. The Balaban J connectivity index is 2.29. The molecular weight excluding hydrogens is 316 g/mol. The van der Waals surface area contributed by atoms with E-state index in [1.54, 1.807) is 12.6 Å². The van der Waals surface area contributed by atoms with Gasteiger partial charge in [-0.3, -0.25) is 14.9 Å². The summed E-state index contributed by atoms with van der Waals surface area (Å²) in [5.74, 6) is -0.487. The Morgan fingerprint density at radius 2 is 2.24 bits per heavy atom. The predicted molar refractivity (Wildman–Crippen MR) is 78.5 cm³/mol. The molecule has 0 saturated heterocycles. The highest BCUT2D eigenvalue weighted by molar-refractivity contribution is 7.09. The Morgan fingerprint density at radius 1 is 1.52 bits per heavy atom. The maximum atomic E-state index is 12.4. The van der Waals surface area contributed by atoms with Crippen LogP contribution in [0.4, 0.5) is 5.69 Å². The fourth-order valence-corrected chi connectivity index (χ4v) is 2.70. The van der Waals surface area contributed by atoms with Gasteiger partial charge in [-0.15, -0.1) is 11.3 Å². The van der Waals surface area contributed by atoms with Crippen LogP contribution < -0.4 is 0 Å². The molecule has 0 bridgehead atoms. The molecule has 9 heteroatoms. The maximum Gasteiger partial charge on any atom is 0.300 e. The van der Waals surface area contributed by atoms with Gasteiger partial charge in [0.05, 0.1) is 22.7 Å². The lowest BCUT2D eigenvalue weighted by Crippen LogP contribution is -2.27. The van der Waals surface area contributed by atoms with Crippen LogP contribution in [0.5, 0.6) is 0 Å². The number of carbonyl (C=O) groups excluding carboxylic acids is 1. The lowest BCUT2D eigenvalue weighted by molar-refractivity contribution is -0.385. The van der Waals surface area contributed by atoms with Crippen LogP contribution in [0.1, 0.15) is 20.9 Å². The van der Waals surface area contributed by atoms with E-state index in [1.165, 1.54) is 22.3 Å². The summed E-state index contributed by atoms with van der Waals surface area (Å²) in [6.07, 6.45) is 0.987. The second kappa shape index (κ2) is 6.15. The van der Waals surface area contributed by atoms with Gasteiger partial charge in [0.2, 0.25) is 0 Å². The van der Waals surface area contributed by atoms with E-state index in [9.17, 15) is 14.9 Å². The SMILES string of the molecule is Cc1ncsc1CN(C)C(=O)c1cc(Cl)ncc1[N+](=O)[O-]. The number of amides is 1. The van der Waals surface area contributed by atoms with Crippen molar-refractivity contribution in [2.24, 2.45) is 0 Å². The summed E-state index contributed by atoms with van der Waals surface area (Å²) >= 11 is 7.15. The predicted octanol–water partition coefficient (Wildman–Crippen LogP) is 2.68. The van der Waals surface area contributed by atoms with Gasteiger partial charge in [0.1, 0.15) is 16.9 Å². The van der Waals surface area contributed by atoms with E-state index >= 15 is 0 Å². The quantitative estimate of drug-likeness (QED) is 0.489. The largest absolute Gasteiger partial charge is 0.336 e. The van der Waals surface area contributed by atoms with E-state index in [0.29, 0.717) is 6.54 Å². The molecule has 2 aromatic rings. The summed E-state index contributed by atoms with van der Waals surface area (Å²) in [6, 6.07) is 1.21. The van der Waals surface area contributed by atoms with Crippen LogP contribution in [0.25, 0.3) is 0 Å². The first-order valence-electron chi connectivity index (χ1n) is 5.84. The molecule has 7 nitrogen and oxygen atoms in total. The number of aryl methyl sites for hydroxylation is 1. The number of hydrogen-bond acceptors (Lipinski definition) is 6. The van der Waals surface area contributed by atoms with Gasteiger partial charge in [-0.25, -0.2) is 9.97 Å². The Hall–Kier alpha value is -2.06. The number of nitrogens with zero attached hydrogens (tertiary/aromatic N) is 4. The number of thiazole rings is 1. The number of aromatic nitrogens is 2. The normalized spacial score (nSPS) is 10.4. The molecule has 0 aromatic carbocycles. The lowest BCUT2D eigenvalue weighted by Gasteiger charge is -2.16. The van der Waals surface area contributed by atoms with Crippen molar-refractivity contribution < 1.29 is 9.72 Å². The molecule has 0 unspecified atom stereocenters. The van der Waals surface area contributed by atoms with Crippen LogP contribution in [-0.2, 0) is 6.54 Å². The fraction of sp³-hybridized carbons (Fsp3) is 0.250. The van der Waals surface area contributed by atoms with Crippen LogP contribution in [-0.4, -0.2) is 32.7 Å². The van der Waals surface area contributed by atoms with Crippen LogP contribution in [0.2, 0.25) is 5.15 Å². The van der Waals surface area contributed by atoms with Crippen molar-refractivity contribution in [2.75, 3.05) is 7.05 Å². The van der Waals surface area contributed by atoms with E-state index < -0.39 is 10.8 Å². The van der Waals surface area contributed by atoms with Crippen molar-refractivity contribution in [3.63, 3.8) is 0 Å². The molecule has 1 amide bonds. The van der Waals surface area contributed by atoms with Crippen molar-refractivity contribution in [1.29, 1.82) is 0 Å². The first-order chi connectivity index (χ1) is 9.90.